The molecule has 19 heavy (non-hydrogen) atoms. The number of nitrogens with one attached hydrogen (secondary N) is 1. The van der Waals surface area contributed by atoms with Gasteiger partial charge in [0, 0.05) is 18.6 Å². The average molecular weight is 269 g/mol. The topological polar surface area (TPSA) is 58.4 Å². The molecule has 0 aromatic rings. The Morgan fingerprint density at radius 1 is 1.37 bits per heavy atom. The van der Waals surface area contributed by atoms with E-state index in [1.807, 2.05) is 14.1 Å². The minimum atomic E-state index is -0.325. The van der Waals surface area contributed by atoms with Gasteiger partial charge >= 0.3 is 0 Å². The van der Waals surface area contributed by atoms with Crippen molar-refractivity contribution >= 4 is 5.91 Å². The predicted molar refractivity (Wildman–Crippen MR) is 79.9 cm³/mol. The Kier molecular flexibility index (Phi) is 5.39. The van der Waals surface area contributed by atoms with Crippen molar-refractivity contribution in [2.75, 3.05) is 27.2 Å². The van der Waals surface area contributed by atoms with Crippen molar-refractivity contribution in [3.63, 3.8) is 0 Å². The second-order valence-corrected chi connectivity index (χ2v) is 7.06. The smallest absolute Gasteiger partial charge is 0.227 e. The van der Waals surface area contributed by atoms with E-state index in [-0.39, 0.29) is 16.9 Å². The molecule has 0 atom stereocenters. The number of carbonyl (C=O) groups is 1. The molecule has 1 fully saturated rings. The SMILES string of the molecule is CC1CCC(CN)(C(=O)NCC(C)(C)N(C)C)CC1. The van der Waals surface area contributed by atoms with Crippen LogP contribution in [-0.4, -0.2) is 43.5 Å². The molecular formula is C15H31N3O. The van der Waals surface area contributed by atoms with Crippen LogP contribution in [0.15, 0.2) is 0 Å². The van der Waals surface area contributed by atoms with Crippen LogP contribution in [-0.2, 0) is 4.79 Å². The minimum Gasteiger partial charge on any atom is -0.354 e. The third-order valence-electron chi connectivity index (χ3n) is 5.00. The molecule has 0 aromatic heterocycles. The highest BCUT2D eigenvalue weighted by atomic mass is 16.2. The number of hydrogen-bond donors (Lipinski definition) is 2. The minimum absolute atomic E-state index is 0.0343. The fourth-order valence-electron chi connectivity index (χ4n) is 2.48. The van der Waals surface area contributed by atoms with Gasteiger partial charge in [0.15, 0.2) is 0 Å². The number of nitrogens with zero attached hydrogens (tertiary/aromatic N) is 1. The van der Waals surface area contributed by atoms with Gasteiger partial charge in [0.25, 0.3) is 0 Å². The van der Waals surface area contributed by atoms with Crippen molar-refractivity contribution in [2.24, 2.45) is 17.1 Å². The lowest BCUT2D eigenvalue weighted by molar-refractivity contribution is -0.133. The standard InChI is InChI=1S/C15H31N3O/c1-12-6-8-15(10-16,9-7-12)13(19)17-11-14(2,3)18(4)5/h12H,6-11,16H2,1-5H3,(H,17,19). The maximum atomic E-state index is 12.5. The van der Waals surface area contributed by atoms with E-state index in [4.69, 9.17) is 5.73 Å². The second kappa shape index (κ2) is 6.23. The van der Waals surface area contributed by atoms with E-state index in [0.717, 1.165) is 31.6 Å². The molecule has 1 aliphatic carbocycles. The molecule has 3 N–H and O–H groups in total. The summed E-state index contributed by atoms with van der Waals surface area (Å²) in [6.07, 6.45) is 4.08. The summed E-state index contributed by atoms with van der Waals surface area (Å²) in [5, 5.41) is 3.12. The zero-order chi connectivity index (χ0) is 14.7. The Morgan fingerprint density at radius 2 is 1.89 bits per heavy atom. The molecule has 112 valence electrons. The van der Waals surface area contributed by atoms with Crippen LogP contribution in [0.5, 0.6) is 0 Å². The van der Waals surface area contributed by atoms with Gasteiger partial charge in [-0.15, -0.1) is 0 Å². The van der Waals surface area contributed by atoms with Gasteiger partial charge in [0.2, 0.25) is 5.91 Å². The van der Waals surface area contributed by atoms with E-state index in [9.17, 15) is 4.79 Å². The molecule has 0 heterocycles. The van der Waals surface area contributed by atoms with E-state index >= 15 is 0 Å². The van der Waals surface area contributed by atoms with E-state index < -0.39 is 0 Å². The van der Waals surface area contributed by atoms with E-state index in [1.54, 1.807) is 0 Å². The first-order valence-electron chi connectivity index (χ1n) is 7.39. The lowest BCUT2D eigenvalue weighted by Crippen LogP contribution is -2.54. The lowest BCUT2D eigenvalue weighted by atomic mass is 9.70. The van der Waals surface area contributed by atoms with Gasteiger partial charge in [-0.1, -0.05) is 6.92 Å². The van der Waals surface area contributed by atoms with Crippen LogP contribution in [0.25, 0.3) is 0 Å². The summed E-state index contributed by atoms with van der Waals surface area (Å²) < 4.78 is 0. The molecule has 0 unspecified atom stereocenters. The molecule has 1 rings (SSSR count). The van der Waals surface area contributed by atoms with Crippen LogP contribution in [0.4, 0.5) is 0 Å². The Bertz CT molecular complexity index is 305. The number of rotatable bonds is 5. The van der Waals surface area contributed by atoms with E-state index in [2.05, 4.69) is 31.0 Å². The summed E-state index contributed by atoms with van der Waals surface area (Å²) in [6, 6.07) is 0. The molecule has 1 amide bonds. The number of hydrogen-bond acceptors (Lipinski definition) is 3. The first-order chi connectivity index (χ1) is 8.73. The van der Waals surface area contributed by atoms with Crippen LogP contribution in [0.2, 0.25) is 0 Å². The van der Waals surface area contributed by atoms with Gasteiger partial charge in [-0.25, -0.2) is 0 Å². The summed E-state index contributed by atoms with van der Waals surface area (Å²) in [5.74, 6) is 0.877. The first kappa shape index (κ1) is 16.4. The van der Waals surface area contributed by atoms with E-state index in [1.165, 1.54) is 0 Å². The first-order valence-corrected chi connectivity index (χ1v) is 7.39. The third-order valence-corrected chi connectivity index (χ3v) is 5.00. The van der Waals surface area contributed by atoms with Crippen LogP contribution in [0, 0.1) is 11.3 Å². The molecular weight excluding hydrogens is 238 g/mol. The molecule has 4 nitrogen and oxygen atoms in total. The molecule has 4 heteroatoms. The number of carbonyl (C=O) groups excluding carboxylic acids is 1. The van der Waals surface area contributed by atoms with Crippen molar-refractivity contribution in [3.8, 4) is 0 Å². The number of likely N-dealkylation sites (N-methyl/N-ethyl adjacent to an activating group) is 1. The highest BCUT2D eigenvalue weighted by Gasteiger charge is 2.40. The van der Waals surface area contributed by atoms with Crippen molar-refractivity contribution in [3.05, 3.63) is 0 Å². The Hall–Kier alpha value is -0.610. The molecule has 0 bridgehead atoms. The van der Waals surface area contributed by atoms with Crippen LogP contribution in [0.1, 0.15) is 46.5 Å². The van der Waals surface area contributed by atoms with Crippen LogP contribution < -0.4 is 11.1 Å². The number of amides is 1. The van der Waals surface area contributed by atoms with Crippen molar-refractivity contribution in [1.82, 2.24) is 10.2 Å². The van der Waals surface area contributed by atoms with Crippen molar-refractivity contribution in [2.45, 2.75) is 52.0 Å². The maximum absolute atomic E-state index is 12.5. The Balaban J connectivity index is 2.60. The fraction of sp³-hybridized carbons (Fsp3) is 0.933. The fourth-order valence-corrected chi connectivity index (χ4v) is 2.48. The molecule has 0 radical (unpaired) electrons. The zero-order valence-electron chi connectivity index (χ0n) is 13.3. The van der Waals surface area contributed by atoms with Gasteiger partial charge in [-0.3, -0.25) is 4.79 Å². The highest BCUT2D eigenvalue weighted by molar-refractivity contribution is 5.83. The quantitative estimate of drug-likeness (QED) is 0.797. The largest absolute Gasteiger partial charge is 0.354 e. The molecule has 1 saturated carbocycles. The van der Waals surface area contributed by atoms with Gasteiger partial charge in [0.05, 0.1) is 5.41 Å². The third kappa shape index (κ3) is 3.93. The summed E-state index contributed by atoms with van der Waals surface area (Å²) in [4.78, 5) is 14.6. The summed E-state index contributed by atoms with van der Waals surface area (Å²) in [5.41, 5.74) is 5.55. The predicted octanol–water partition coefficient (Wildman–Crippen LogP) is 1.60. The maximum Gasteiger partial charge on any atom is 0.227 e. The summed E-state index contributed by atoms with van der Waals surface area (Å²) in [6.45, 7) is 7.65. The monoisotopic (exact) mass is 269 g/mol. The molecule has 1 aliphatic rings. The second-order valence-electron chi connectivity index (χ2n) is 7.06. The van der Waals surface area contributed by atoms with Crippen LogP contribution >= 0.6 is 0 Å². The molecule has 0 aliphatic heterocycles. The normalized spacial score (nSPS) is 28.5. The van der Waals surface area contributed by atoms with Crippen molar-refractivity contribution < 1.29 is 4.79 Å². The van der Waals surface area contributed by atoms with E-state index in [0.29, 0.717) is 13.1 Å². The molecule has 0 aromatic carbocycles. The average Bonchev–Trinajstić information content (AvgIpc) is 2.37. The van der Waals surface area contributed by atoms with Gasteiger partial charge in [-0.2, -0.15) is 0 Å². The van der Waals surface area contributed by atoms with Crippen LogP contribution in [0.3, 0.4) is 0 Å². The summed E-state index contributed by atoms with van der Waals surface area (Å²) in [7, 11) is 4.07. The Morgan fingerprint density at radius 3 is 2.32 bits per heavy atom. The molecule has 0 spiro atoms. The highest BCUT2D eigenvalue weighted by Crippen LogP contribution is 2.38. The van der Waals surface area contributed by atoms with Gasteiger partial charge in [0.1, 0.15) is 0 Å². The molecule has 0 saturated heterocycles. The Labute approximate surface area is 118 Å². The van der Waals surface area contributed by atoms with Gasteiger partial charge in [-0.05, 0) is 59.5 Å². The van der Waals surface area contributed by atoms with Gasteiger partial charge < -0.3 is 16.0 Å². The summed E-state index contributed by atoms with van der Waals surface area (Å²) >= 11 is 0. The number of nitrogens with two attached hydrogens (primary N) is 1. The lowest BCUT2D eigenvalue weighted by Gasteiger charge is -2.39. The zero-order valence-corrected chi connectivity index (χ0v) is 13.3. The van der Waals surface area contributed by atoms with Crippen molar-refractivity contribution in [1.29, 1.82) is 0 Å².